The van der Waals surface area contributed by atoms with Crippen molar-refractivity contribution in [3.05, 3.63) is 28.8 Å². The maximum absolute atomic E-state index is 8.71. The van der Waals surface area contributed by atoms with Crippen molar-refractivity contribution < 1.29 is 4.74 Å². The minimum atomic E-state index is -0.421. The summed E-state index contributed by atoms with van der Waals surface area (Å²) in [6, 6.07) is 7.58. The molecule has 0 N–H and O–H groups in total. The molecule has 3 heteroatoms. The van der Waals surface area contributed by atoms with E-state index < -0.39 is 6.10 Å². The first-order valence-corrected chi connectivity index (χ1v) is 4.87. The van der Waals surface area contributed by atoms with Crippen molar-refractivity contribution in [2.75, 3.05) is 0 Å². The van der Waals surface area contributed by atoms with Gasteiger partial charge in [-0.15, -0.1) is 0 Å². The number of aryl methyl sites for hydroxylation is 1. The average Bonchev–Trinajstić information content (AvgIpc) is 2.17. The van der Waals surface area contributed by atoms with Gasteiger partial charge in [-0.25, -0.2) is 0 Å². The van der Waals surface area contributed by atoms with Crippen molar-refractivity contribution in [2.45, 2.75) is 26.4 Å². The standard InChI is InChI=1S/C11H12ClNO/c1-3-9(7-13)14-11-5-4-8(2)6-10(11)12/h4-6,9H,3H2,1-2H3. The molecule has 0 aromatic heterocycles. The highest BCUT2D eigenvalue weighted by Crippen LogP contribution is 2.26. The zero-order valence-corrected chi connectivity index (χ0v) is 9.01. The van der Waals surface area contributed by atoms with Crippen molar-refractivity contribution in [2.24, 2.45) is 0 Å². The monoisotopic (exact) mass is 209 g/mol. The van der Waals surface area contributed by atoms with E-state index in [0.29, 0.717) is 17.2 Å². The molecule has 0 saturated heterocycles. The van der Waals surface area contributed by atoms with Crippen LogP contribution in [0, 0.1) is 18.3 Å². The molecule has 0 aliphatic heterocycles. The number of benzene rings is 1. The quantitative estimate of drug-likeness (QED) is 0.765. The lowest BCUT2D eigenvalue weighted by molar-refractivity contribution is 0.252. The van der Waals surface area contributed by atoms with Crippen molar-refractivity contribution in [1.29, 1.82) is 5.26 Å². The minimum Gasteiger partial charge on any atom is -0.474 e. The molecule has 14 heavy (non-hydrogen) atoms. The molecule has 1 aromatic carbocycles. The van der Waals surface area contributed by atoms with E-state index in [2.05, 4.69) is 6.07 Å². The molecule has 0 saturated carbocycles. The molecule has 1 aromatic rings. The van der Waals surface area contributed by atoms with Crippen LogP contribution >= 0.6 is 11.6 Å². The fourth-order valence-electron chi connectivity index (χ4n) is 1.06. The number of hydrogen-bond acceptors (Lipinski definition) is 2. The summed E-state index contributed by atoms with van der Waals surface area (Å²) in [5.41, 5.74) is 1.08. The van der Waals surface area contributed by atoms with Crippen molar-refractivity contribution in [1.82, 2.24) is 0 Å². The second-order valence-corrected chi connectivity index (χ2v) is 3.48. The van der Waals surface area contributed by atoms with E-state index in [4.69, 9.17) is 21.6 Å². The first kappa shape index (κ1) is 10.9. The molecular weight excluding hydrogens is 198 g/mol. The molecule has 0 amide bonds. The van der Waals surface area contributed by atoms with Crippen LogP contribution in [-0.4, -0.2) is 6.10 Å². The van der Waals surface area contributed by atoms with E-state index in [1.807, 2.05) is 26.0 Å². The fourth-order valence-corrected chi connectivity index (χ4v) is 1.34. The van der Waals surface area contributed by atoms with Gasteiger partial charge < -0.3 is 4.74 Å². The highest BCUT2D eigenvalue weighted by molar-refractivity contribution is 6.32. The molecule has 0 spiro atoms. The van der Waals surface area contributed by atoms with E-state index in [1.165, 1.54) is 0 Å². The summed E-state index contributed by atoms with van der Waals surface area (Å²) >= 11 is 5.95. The van der Waals surface area contributed by atoms with Gasteiger partial charge in [0.15, 0.2) is 6.10 Å². The Labute approximate surface area is 89.1 Å². The van der Waals surface area contributed by atoms with Crippen molar-refractivity contribution in [3.8, 4) is 11.8 Å². The maximum atomic E-state index is 8.71. The third-order valence-electron chi connectivity index (χ3n) is 1.87. The van der Waals surface area contributed by atoms with Crippen LogP contribution in [0.5, 0.6) is 5.75 Å². The lowest BCUT2D eigenvalue weighted by Gasteiger charge is -2.11. The molecule has 2 nitrogen and oxygen atoms in total. The predicted octanol–water partition coefficient (Wildman–Crippen LogP) is 3.33. The molecule has 1 atom stereocenters. The number of rotatable bonds is 3. The summed E-state index contributed by atoms with van der Waals surface area (Å²) in [6.07, 6.45) is 0.232. The largest absolute Gasteiger partial charge is 0.474 e. The molecule has 74 valence electrons. The van der Waals surface area contributed by atoms with Gasteiger partial charge in [0.05, 0.1) is 5.02 Å². The van der Waals surface area contributed by atoms with E-state index in [-0.39, 0.29) is 0 Å². The van der Waals surface area contributed by atoms with Gasteiger partial charge in [0.1, 0.15) is 11.8 Å². The van der Waals surface area contributed by atoms with Gasteiger partial charge in [-0.05, 0) is 31.0 Å². The van der Waals surface area contributed by atoms with Crippen LogP contribution in [0.2, 0.25) is 5.02 Å². The molecular formula is C11H12ClNO. The van der Waals surface area contributed by atoms with Gasteiger partial charge in [0.2, 0.25) is 0 Å². The Morgan fingerprint density at radius 2 is 2.29 bits per heavy atom. The van der Waals surface area contributed by atoms with Crippen LogP contribution in [0.4, 0.5) is 0 Å². The number of nitrogens with zero attached hydrogens (tertiary/aromatic N) is 1. The molecule has 0 radical (unpaired) electrons. The topological polar surface area (TPSA) is 33.0 Å². The minimum absolute atomic E-state index is 0.421. The third-order valence-corrected chi connectivity index (χ3v) is 2.17. The summed E-state index contributed by atoms with van der Waals surface area (Å²) in [5, 5.41) is 9.27. The first-order valence-electron chi connectivity index (χ1n) is 4.49. The first-order chi connectivity index (χ1) is 6.67. The lowest BCUT2D eigenvalue weighted by atomic mass is 10.2. The van der Waals surface area contributed by atoms with Crippen LogP contribution in [0.15, 0.2) is 18.2 Å². The third kappa shape index (κ3) is 2.65. The summed E-state index contributed by atoms with van der Waals surface area (Å²) in [4.78, 5) is 0. The zero-order chi connectivity index (χ0) is 10.6. The maximum Gasteiger partial charge on any atom is 0.184 e. The second-order valence-electron chi connectivity index (χ2n) is 3.08. The number of hydrogen-bond donors (Lipinski definition) is 0. The fraction of sp³-hybridized carbons (Fsp3) is 0.364. The smallest absolute Gasteiger partial charge is 0.184 e. The molecule has 0 heterocycles. The Hall–Kier alpha value is -1.20. The molecule has 0 bridgehead atoms. The normalized spacial score (nSPS) is 11.9. The Kier molecular flexibility index (Phi) is 3.79. The summed E-state index contributed by atoms with van der Waals surface area (Å²) < 4.78 is 5.41. The predicted molar refractivity (Wildman–Crippen MR) is 56.5 cm³/mol. The van der Waals surface area contributed by atoms with Gasteiger partial charge in [-0.3, -0.25) is 0 Å². The van der Waals surface area contributed by atoms with E-state index in [0.717, 1.165) is 5.56 Å². The molecule has 1 unspecified atom stereocenters. The molecule has 1 rings (SSSR count). The zero-order valence-electron chi connectivity index (χ0n) is 8.25. The van der Waals surface area contributed by atoms with E-state index >= 15 is 0 Å². The lowest BCUT2D eigenvalue weighted by Crippen LogP contribution is -2.12. The number of ether oxygens (including phenoxy) is 1. The Bertz CT molecular complexity index is 357. The Morgan fingerprint density at radius 3 is 2.79 bits per heavy atom. The van der Waals surface area contributed by atoms with Crippen LogP contribution < -0.4 is 4.74 Å². The Balaban J connectivity index is 2.82. The highest BCUT2D eigenvalue weighted by atomic mass is 35.5. The van der Waals surface area contributed by atoms with Crippen LogP contribution in [0.25, 0.3) is 0 Å². The number of halogens is 1. The van der Waals surface area contributed by atoms with Crippen molar-refractivity contribution >= 4 is 11.6 Å². The molecule has 0 aliphatic carbocycles. The van der Waals surface area contributed by atoms with Gasteiger partial charge in [0, 0.05) is 0 Å². The highest BCUT2D eigenvalue weighted by Gasteiger charge is 2.08. The SMILES string of the molecule is CCC(C#N)Oc1ccc(C)cc1Cl. The summed E-state index contributed by atoms with van der Waals surface area (Å²) in [7, 11) is 0. The average molecular weight is 210 g/mol. The van der Waals surface area contributed by atoms with Crippen LogP contribution in [0.1, 0.15) is 18.9 Å². The summed E-state index contributed by atoms with van der Waals surface area (Å²) in [6.45, 7) is 3.85. The van der Waals surface area contributed by atoms with Gasteiger partial charge in [-0.1, -0.05) is 24.6 Å². The second kappa shape index (κ2) is 4.88. The molecule has 0 fully saturated rings. The van der Waals surface area contributed by atoms with Crippen molar-refractivity contribution in [3.63, 3.8) is 0 Å². The van der Waals surface area contributed by atoms with Crippen LogP contribution in [-0.2, 0) is 0 Å². The van der Waals surface area contributed by atoms with Crippen LogP contribution in [0.3, 0.4) is 0 Å². The molecule has 0 aliphatic rings. The van der Waals surface area contributed by atoms with Gasteiger partial charge in [-0.2, -0.15) is 5.26 Å². The summed E-state index contributed by atoms with van der Waals surface area (Å²) in [5.74, 6) is 0.575. The Morgan fingerprint density at radius 1 is 1.57 bits per heavy atom. The van der Waals surface area contributed by atoms with Gasteiger partial charge in [0.25, 0.3) is 0 Å². The van der Waals surface area contributed by atoms with E-state index in [9.17, 15) is 0 Å². The number of nitriles is 1. The van der Waals surface area contributed by atoms with E-state index in [1.54, 1.807) is 6.07 Å². The van der Waals surface area contributed by atoms with Gasteiger partial charge >= 0.3 is 0 Å².